The number of carbonyl (C=O) groups is 1. The first kappa shape index (κ1) is 12.9. The largest absolute Gasteiger partial charge is 0.394 e. The molecule has 1 N–H and O–H groups in total. The van der Waals surface area contributed by atoms with Gasteiger partial charge in [-0.05, 0) is 12.5 Å². The number of ether oxygens (including phenoxy) is 1. The summed E-state index contributed by atoms with van der Waals surface area (Å²) in [5.74, 6) is 0.164. The molecule has 0 aliphatic heterocycles. The first-order valence-electron chi connectivity index (χ1n) is 5.50. The lowest BCUT2D eigenvalue weighted by molar-refractivity contribution is -0.121. The number of carbonyl (C=O) groups excluding carboxylic acids is 1. The molecule has 0 heterocycles. The molecule has 0 aliphatic rings. The van der Waals surface area contributed by atoms with Crippen LogP contribution in [-0.4, -0.2) is 30.2 Å². The molecule has 0 fully saturated rings. The van der Waals surface area contributed by atoms with E-state index in [0.717, 1.165) is 5.56 Å². The van der Waals surface area contributed by atoms with Crippen LogP contribution in [0.5, 0.6) is 0 Å². The molecule has 0 spiro atoms. The molecule has 0 saturated carbocycles. The molecule has 0 saturated heterocycles. The van der Waals surface area contributed by atoms with E-state index in [1.165, 1.54) is 0 Å². The van der Waals surface area contributed by atoms with Gasteiger partial charge in [0.05, 0.1) is 19.3 Å². The third-order valence-electron chi connectivity index (χ3n) is 2.25. The Morgan fingerprint density at radius 2 is 2.06 bits per heavy atom. The molecule has 1 atom stereocenters. The van der Waals surface area contributed by atoms with E-state index < -0.39 is 0 Å². The molecule has 1 aromatic carbocycles. The van der Waals surface area contributed by atoms with Crippen LogP contribution < -0.4 is 0 Å². The van der Waals surface area contributed by atoms with Crippen LogP contribution in [0.2, 0.25) is 0 Å². The summed E-state index contributed by atoms with van der Waals surface area (Å²) in [6.45, 7) is 2.13. The Morgan fingerprint density at radius 1 is 1.38 bits per heavy atom. The summed E-state index contributed by atoms with van der Waals surface area (Å²) in [5.41, 5.74) is 1.03. The summed E-state index contributed by atoms with van der Waals surface area (Å²) >= 11 is 0. The highest BCUT2D eigenvalue weighted by Crippen LogP contribution is 2.05. The maximum Gasteiger partial charge on any atom is 0.139 e. The van der Waals surface area contributed by atoms with Gasteiger partial charge < -0.3 is 9.84 Å². The van der Waals surface area contributed by atoms with Crippen molar-refractivity contribution in [3.63, 3.8) is 0 Å². The van der Waals surface area contributed by atoms with Gasteiger partial charge in [0.15, 0.2) is 0 Å². The van der Waals surface area contributed by atoms with Gasteiger partial charge in [-0.3, -0.25) is 4.79 Å². The van der Waals surface area contributed by atoms with E-state index in [4.69, 9.17) is 9.84 Å². The Labute approximate surface area is 96.1 Å². The molecule has 1 unspecified atom stereocenters. The summed E-state index contributed by atoms with van der Waals surface area (Å²) in [4.78, 5) is 11.6. The van der Waals surface area contributed by atoms with Crippen molar-refractivity contribution in [3.8, 4) is 0 Å². The van der Waals surface area contributed by atoms with Crippen LogP contribution >= 0.6 is 0 Å². The number of benzene rings is 1. The standard InChI is InChI=1S/C13H18O3/c1-11(16-8-7-14)9-13(15)10-12-5-3-2-4-6-12/h2-6,11,14H,7-10H2,1H3. The Hall–Kier alpha value is -1.19. The van der Waals surface area contributed by atoms with Gasteiger partial charge in [0.25, 0.3) is 0 Å². The van der Waals surface area contributed by atoms with E-state index in [-0.39, 0.29) is 18.5 Å². The highest BCUT2D eigenvalue weighted by Gasteiger charge is 2.09. The molecule has 1 aromatic rings. The average Bonchev–Trinajstić information content (AvgIpc) is 2.27. The Morgan fingerprint density at radius 3 is 2.69 bits per heavy atom. The quantitative estimate of drug-likeness (QED) is 0.762. The zero-order chi connectivity index (χ0) is 11.8. The summed E-state index contributed by atoms with van der Waals surface area (Å²) in [7, 11) is 0. The minimum atomic E-state index is -0.122. The zero-order valence-electron chi connectivity index (χ0n) is 9.56. The zero-order valence-corrected chi connectivity index (χ0v) is 9.56. The summed E-state index contributed by atoms with van der Waals surface area (Å²) in [6, 6.07) is 9.66. The molecule has 0 radical (unpaired) electrons. The van der Waals surface area contributed by atoms with Gasteiger partial charge >= 0.3 is 0 Å². The summed E-state index contributed by atoms with van der Waals surface area (Å²) in [6.07, 6.45) is 0.728. The second kappa shape index (κ2) is 7.14. The predicted molar refractivity (Wildman–Crippen MR) is 62.3 cm³/mol. The fourth-order valence-electron chi connectivity index (χ4n) is 1.53. The first-order chi connectivity index (χ1) is 7.72. The number of rotatable bonds is 7. The Kier molecular flexibility index (Phi) is 5.75. The van der Waals surface area contributed by atoms with Crippen molar-refractivity contribution in [2.24, 2.45) is 0 Å². The van der Waals surface area contributed by atoms with Gasteiger partial charge in [-0.25, -0.2) is 0 Å². The molecule has 0 bridgehead atoms. The van der Waals surface area contributed by atoms with E-state index in [2.05, 4.69) is 0 Å². The van der Waals surface area contributed by atoms with Crippen LogP contribution in [0.25, 0.3) is 0 Å². The highest BCUT2D eigenvalue weighted by atomic mass is 16.5. The van der Waals surface area contributed by atoms with E-state index in [0.29, 0.717) is 19.4 Å². The third-order valence-corrected chi connectivity index (χ3v) is 2.25. The van der Waals surface area contributed by atoms with E-state index in [1.54, 1.807) is 0 Å². The lowest BCUT2D eigenvalue weighted by Crippen LogP contribution is -2.17. The lowest BCUT2D eigenvalue weighted by Gasteiger charge is -2.11. The van der Waals surface area contributed by atoms with Gasteiger partial charge in [0.2, 0.25) is 0 Å². The normalized spacial score (nSPS) is 12.4. The fourth-order valence-corrected chi connectivity index (χ4v) is 1.53. The molecule has 3 heteroatoms. The topological polar surface area (TPSA) is 46.5 Å². The lowest BCUT2D eigenvalue weighted by atomic mass is 10.1. The molecule has 16 heavy (non-hydrogen) atoms. The van der Waals surface area contributed by atoms with Crippen LogP contribution in [0.1, 0.15) is 18.9 Å². The van der Waals surface area contributed by atoms with Crippen LogP contribution in [-0.2, 0) is 16.0 Å². The molecule has 1 rings (SSSR count). The van der Waals surface area contributed by atoms with Crippen molar-refractivity contribution in [2.75, 3.05) is 13.2 Å². The summed E-state index contributed by atoms with van der Waals surface area (Å²) < 4.78 is 5.23. The highest BCUT2D eigenvalue weighted by molar-refractivity contribution is 5.81. The van der Waals surface area contributed by atoms with Crippen molar-refractivity contribution >= 4 is 5.78 Å². The van der Waals surface area contributed by atoms with Crippen molar-refractivity contribution < 1.29 is 14.6 Å². The number of aliphatic hydroxyl groups is 1. The van der Waals surface area contributed by atoms with Crippen LogP contribution in [0.3, 0.4) is 0 Å². The second-order valence-electron chi connectivity index (χ2n) is 3.81. The maximum atomic E-state index is 11.6. The van der Waals surface area contributed by atoms with Crippen LogP contribution in [0.4, 0.5) is 0 Å². The van der Waals surface area contributed by atoms with Crippen molar-refractivity contribution in [1.82, 2.24) is 0 Å². The molecular formula is C13H18O3. The monoisotopic (exact) mass is 222 g/mol. The van der Waals surface area contributed by atoms with E-state index in [1.807, 2.05) is 37.3 Å². The van der Waals surface area contributed by atoms with Gasteiger partial charge in [0.1, 0.15) is 5.78 Å². The summed E-state index contributed by atoms with van der Waals surface area (Å²) in [5, 5.41) is 8.57. The van der Waals surface area contributed by atoms with Gasteiger partial charge in [-0.2, -0.15) is 0 Å². The number of aliphatic hydroxyl groups excluding tert-OH is 1. The number of ketones is 1. The van der Waals surface area contributed by atoms with Crippen molar-refractivity contribution in [1.29, 1.82) is 0 Å². The second-order valence-corrected chi connectivity index (χ2v) is 3.81. The maximum absolute atomic E-state index is 11.6. The van der Waals surface area contributed by atoms with Crippen LogP contribution in [0, 0.1) is 0 Å². The minimum Gasteiger partial charge on any atom is -0.394 e. The molecule has 0 amide bonds. The minimum absolute atomic E-state index is 0.00276. The first-order valence-corrected chi connectivity index (χ1v) is 5.50. The van der Waals surface area contributed by atoms with Gasteiger partial charge in [0, 0.05) is 12.8 Å². The van der Waals surface area contributed by atoms with Gasteiger partial charge in [-0.1, -0.05) is 30.3 Å². The Balaban J connectivity index is 2.31. The number of Topliss-reactive ketones (excluding diaryl/α,β-unsaturated/α-hetero) is 1. The fraction of sp³-hybridized carbons (Fsp3) is 0.462. The van der Waals surface area contributed by atoms with E-state index in [9.17, 15) is 4.79 Å². The van der Waals surface area contributed by atoms with E-state index >= 15 is 0 Å². The SMILES string of the molecule is CC(CC(=O)Cc1ccccc1)OCCO. The smallest absolute Gasteiger partial charge is 0.139 e. The third kappa shape index (κ3) is 5.05. The number of hydrogen-bond acceptors (Lipinski definition) is 3. The number of hydrogen-bond donors (Lipinski definition) is 1. The molecule has 3 nitrogen and oxygen atoms in total. The molecule has 0 aliphatic carbocycles. The van der Waals surface area contributed by atoms with Crippen molar-refractivity contribution in [2.45, 2.75) is 25.9 Å². The average molecular weight is 222 g/mol. The molecular weight excluding hydrogens is 204 g/mol. The molecule has 0 aromatic heterocycles. The van der Waals surface area contributed by atoms with Gasteiger partial charge in [-0.15, -0.1) is 0 Å². The van der Waals surface area contributed by atoms with Crippen molar-refractivity contribution in [3.05, 3.63) is 35.9 Å². The molecule has 88 valence electrons. The Bertz CT molecular complexity index is 308. The van der Waals surface area contributed by atoms with Crippen LogP contribution in [0.15, 0.2) is 30.3 Å². The predicted octanol–water partition coefficient (Wildman–Crippen LogP) is 1.59.